The average molecular weight is 465 g/mol. The molecular formula is C23H28N8O3. The maximum absolute atomic E-state index is 13.5. The van der Waals surface area contributed by atoms with Gasteiger partial charge in [-0.2, -0.15) is 4.98 Å². The van der Waals surface area contributed by atoms with Crippen molar-refractivity contribution in [3.05, 3.63) is 50.9 Å². The lowest BCUT2D eigenvalue weighted by Gasteiger charge is -2.31. The van der Waals surface area contributed by atoms with Crippen LogP contribution in [0.4, 0.5) is 5.95 Å². The van der Waals surface area contributed by atoms with E-state index in [1.54, 1.807) is 23.6 Å². The summed E-state index contributed by atoms with van der Waals surface area (Å²) in [7, 11) is 1.53. The summed E-state index contributed by atoms with van der Waals surface area (Å²) in [5.74, 6) is 5.89. The van der Waals surface area contributed by atoms with E-state index in [2.05, 4.69) is 21.8 Å². The zero-order valence-electron chi connectivity index (χ0n) is 19.3. The zero-order valence-corrected chi connectivity index (χ0v) is 19.3. The second-order valence-corrected chi connectivity index (χ2v) is 8.40. The first kappa shape index (κ1) is 23.4. The lowest BCUT2D eigenvalue weighted by atomic mass is 10.1. The monoisotopic (exact) mass is 464 g/mol. The molecule has 4 N–H and O–H groups in total. The van der Waals surface area contributed by atoms with Crippen LogP contribution in [0.15, 0.2) is 34.1 Å². The molecule has 2 unspecified atom stereocenters. The Balaban J connectivity index is 1.83. The van der Waals surface area contributed by atoms with E-state index in [9.17, 15) is 14.4 Å². The summed E-state index contributed by atoms with van der Waals surface area (Å²) >= 11 is 0. The molecule has 1 aliphatic heterocycles. The predicted octanol–water partition coefficient (Wildman–Crippen LogP) is -0.488. The zero-order chi connectivity index (χ0) is 24.4. The van der Waals surface area contributed by atoms with Gasteiger partial charge in [-0.1, -0.05) is 5.92 Å². The minimum Gasteiger partial charge on any atom is -0.341 e. The quantitative estimate of drug-likeness (QED) is 0.465. The molecule has 1 saturated heterocycles. The molecule has 11 heteroatoms. The Bertz CT molecular complexity index is 1390. The highest BCUT2D eigenvalue weighted by atomic mass is 16.2. The van der Waals surface area contributed by atoms with Gasteiger partial charge >= 0.3 is 5.69 Å². The fourth-order valence-corrected chi connectivity index (χ4v) is 4.25. The number of imidazole rings is 1. The Labute approximate surface area is 196 Å². The molecule has 11 nitrogen and oxygen atoms in total. The van der Waals surface area contributed by atoms with Gasteiger partial charge in [-0.25, -0.2) is 4.79 Å². The molecule has 0 amide bonds. The lowest BCUT2D eigenvalue weighted by Crippen LogP contribution is -2.44. The van der Waals surface area contributed by atoms with Crippen LogP contribution in [0, 0.1) is 11.8 Å². The Kier molecular flexibility index (Phi) is 6.63. The van der Waals surface area contributed by atoms with Crippen LogP contribution in [-0.2, 0) is 24.9 Å². The van der Waals surface area contributed by atoms with Gasteiger partial charge in [-0.3, -0.25) is 28.3 Å². The number of ketones is 1. The number of anilines is 1. The molecule has 178 valence electrons. The molecule has 1 aliphatic rings. The highest BCUT2D eigenvalue weighted by molar-refractivity contribution is 5.85. The summed E-state index contributed by atoms with van der Waals surface area (Å²) in [6, 6.07) is 2.25. The lowest BCUT2D eigenvalue weighted by molar-refractivity contribution is -0.121. The van der Waals surface area contributed by atoms with Gasteiger partial charge in [-0.15, -0.1) is 5.92 Å². The van der Waals surface area contributed by atoms with E-state index in [-0.39, 0.29) is 23.8 Å². The van der Waals surface area contributed by atoms with E-state index >= 15 is 0 Å². The number of nitrogens with zero attached hydrogens (tertiary/aromatic N) is 6. The number of hydrogen-bond donors (Lipinski definition) is 2. The van der Waals surface area contributed by atoms with Gasteiger partial charge in [0.1, 0.15) is 0 Å². The van der Waals surface area contributed by atoms with Crippen molar-refractivity contribution in [2.24, 2.45) is 18.5 Å². The molecule has 0 aliphatic carbocycles. The number of fused-ring (bicyclic) bond motifs is 1. The number of aryl methyl sites for hydroxylation is 1. The second-order valence-electron chi connectivity index (χ2n) is 8.40. The highest BCUT2D eigenvalue weighted by Gasteiger charge is 2.27. The molecular weight excluding hydrogens is 436 g/mol. The van der Waals surface area contributed by atoms with Crippen molar-refractivity contribution >= 4 is 22.9 Å². The minimum absolute atomic E-state index is 0.00737. The molecule has 0 saturated carbocycles. The van der Waals surface area contributed by atoms with Gasteiger partial charge in [0.05, 0.1) is 19.1 Å². The molecule has 0 aromatic carbocycles. The van der Waals surface area contributed by atoms with E-state index in [1.165, 1.54) is 24.0 Å². The van der Waals surface area contributed by atoms with Crippen molar-refractivity contribution in [1.29, 1.82) is 0 Å². The number of piperidine rings is 1. The predicted molar refractivity (Wildman–Crippen MR) is 128 cm³/mol. The summed E-state index contributed by atoms with van der Waals surface area (Å²) in [6.07, 6.45) is 4.87. The second kappa shape index (κ2) is 9.62. The maximum Gasteiger partial charge on any atom is 0.332 e. The number of carbonyl (C=O) groups is 1. The van der Waals surface area contributed by atoms with E-state index < -0.39 is 29.6 Å². The first-order valence-electron chi connectivity index (χ1n) is 11.1. The number of aromatic nitrogens is 5. The molecule has 3 aromatic rings. The summed E-state index contributed by atoms with van der Waals surface area (Å²) in [4.78, 5) is 50.1. The van der Waals surface area contributed by atoms with Crippen molar-refractivity contribution in [3.63, 3.8) is 0 Å². The number of hydrogen-bond acceptors (Lipinski definition) is 8. The average Bonchev–Trinajstić information content (AvgIpc) is 3.23. The molecule has 0 radical (unpaired) electrons. The minimum atomic E-state index is -0.989. The Morgan fingerprint density at radius 2 is 2.00 bits per heavy atom. The third-order valence-electron chi connectivity index (χ3n) is 6.09. The Morgan fingerprint density at radius 1 is 1.26 bits per heavy atom. The third kappa shape index (κ3) is 4.25. The van der Waals surface area contributed by atoms with E-state index in [0.29, 0.717) is 18.1 Å². The Hall–Kier alpha value is -3.75. The van der Waals surface area contributed by atoms with Crippen molar-refractivity contribution in [1.82, 2.24) is 23.7 Å². The van der Waals surface area contributed by atoms with Crippen LogP contribution in [0.5, 0.6) is 0 Å². The van der Waals surface area contributed by atoms with Crippen molar-refractivity contribution in [3.8, 4) is 11.8 Å². The highest BCUT2D eigenvalue weighted by Crippen LogP contribution is 2.23. The van der Waals surface area contributed by atoms with Gasteiger partial charge < -0.3 is 16.4 Å². The van der Waals surface area contributed by atoms with Gasteiger partial charge in [-0.05, 0) is 37.5 Å². The molecule has 34 heavy (non-hydrogen) atoms. The SMILES string of the molecule is CC#CCn1c(N2CCCC(N)C2)nc2c1c(=O)n(CC(=O)C(N)c1ccncc1)c(=O)n2C. The summed E-state index contributed by atoms with van der Waals surface area (Å²) in [5, 5.41) is 0. The molecule has 4 rings (SSSR count). The van der Waals surface area contributed by atoms with E-state index in [4.69, 9.17) is 11.5 Å². The van der Waals surface area contributed by atoms with Crippen LogP contribution in [0.25, 0.3) is 11.2 Å². The van der Waals surface area contributed by atoms with Crippen molar-refractivity contribution in [2.45, 2.75) is 44.9 Å². The van der Waals surface area contributed by atoms with Gasteiger partial charge in [0.2, 0.25) is 5.95 Å². The topological polar surface area (TPSA) is 147 Å². The normalized spacial score (nSPS) is 16.8. The number of nitrogens with two attached hydrogens (primary N) is 2. The van der Waals surface area contributed by atoms with Gasteiger partial charge in [0.15, 0.2) is 16.9 Å². The summed E-state index contributed by atoms with van der Waals surface area (Å²) < 4.78 is 3.90. The van der Waals surface area contributed by atoms with Gasteiger partial charge in [0, 0.05) is 38.6 Å². The fraction of sp³-hybridized carbons (Fsp3) is 0.435. The third-order valence-corrected chi connectivity index (χ3v) is 6.09. The van der Waals surface area contributed by atoms with Crippen LogP contribution in [0.3, 0.4) is 0 Å². The van der Waals surface area contributed by atoms with Crippen molar-refractivity contribution in [2.75, 3.05) is 18.0 Å². The first-order chi connectivity index (χ1) is 16.3. The first-order valence-corrected chi connectivity index (χ1v) is 11.1. The van der Waals surface area contributed by atoms with E-state index in [0.717, 1.165) is 24.0 Å². The number of carbonyl (C=O) groups excluding carboxylic acids is 1. The number of rotatable bonds is 6. The summed E-state index contributed by atoms with van der Waals surface area (Å²) in [6.45, 7) is 2.79. The Morgan fingerprint density at radius 3 is 2.68 bits per heavy atom. The molecule has 2 atom stereocenters. The largest absolute Gasteiger partial charge is 0.341 e. The standard InChI is InChI=1S/C23H28N8O3/c1-3-4-12-30-19-20(27-22(30)29-11-5-6-16(24)13-29)28(2)23(34)31(21(19)33)14-17(32)18(25)15-7-9-26-10-8-15/h7-10,16,18H,5-6,11-14,24-25H2,1-2H3. The maximum atomic E-state index is 13.5. The van der Waals surface area contributed by atoms with E-state index in [1.807, 2.05) is 4.90 Å². The fourth-order valence-electron chi connectivity index (χ4n) is 4.25. The van der Waals surface area contributed by atoms with Crippen LogP contribution in [-0.4, -0.2) is 48.6 Å². The number of Topliss-reactive ketones (excluding diaryl/α,β-unsaturated/α-hetero) is 1. The smallest absolute Gasteiger partial charge is 0.332 e. The molecule has 3 aromatic heterocycles. The summed E-state index contributed by atoms with van der Waals surface area (Å²) in [5.41, 5.74) is 12.0. The van der Waals surface area contributed by atoms with Crippen LogP contribution in [0.1, 0.15) is 31.4 Å². The molecule has 0 spiro atoms. The number of pyridine rings is 1. The van der Waals surface area contributed by atoms with Crippen molar-refractivity contribution < 1.29 is 4.79 Å². The van der Waals surface area contributed by atoms with Crippen LogP contribution < -0.4 is 27.6 Å². The molecule has 0 bridgehead atoms. The molecule has 1 fully saturated rings. The molecule has 4 heterocycles. The van der Waals surface area contributed by atoms with Crippen LogP contribution in [0.2, 0.25) is 0 Å². The van der Waals surface area contributed by atoms with Gasteiger partial charge in [0.25, 0.3) is 5.56 Å². The van der Waals surface area contributed by atoms with Crippen LogP contribution >= 0.6 is 0 Å².